The first-order valence-electron chi connectivity index (χ1n) is 7.60. The molecule has 5 nitrogen and oxygen atoms in total. The van der Waals surface area contributed by atoms with E-state index in [0.29, 0.717) is 24.9 Å². The topological polar surface area (TPSA) is 78.6 Å². The van der Waals surface area contributed by atoms with E-state index in [1.165, 1.54) is 0 Å². The highest BCUT2D eigenvalue weighted by molar-refractivity contribution is 7.89. The van der Waals surface area contributed by atoms with Crippen molar-refractivity contribution in [2.24, 2.45) is 5.14 Å². The van der Waals surface area contributed by atoms with Crippen LogP contribution >= 0.6 is 0 Å². The lowest BCUT2D eigenvalue weighted by molar-refractivity contribution is 0.303. The number of sulfonamides is 1. The molecule has 2 aromatic carbocycles. The number of rotatable bonds is 4. The Labute approximate surface area is 135 Å². The number of fused-ring (bicyclic) bond motifs is 1. The molecule has 0 radical (unpaired) electrons. The van der Waals surface area contributed by atoms with Gasteiger partial charge in [-0.1, -0.05) is 12.1 Å². The molecule has 1 aliphatic heterocycles. The lowest BCUT2D eigenvalue weighted by Crippen LogP contribution is -2.13. The van der Waals surface area contributed by atoms with Gasteiger partial charge in [-0.2, -0.15) is 0 Å². The summed E-state index contributed by atoms with van der Waals surface area (Å²) >= 11 is 0. The van der Waals surface area contributed by atoms with Crippen molar-refractivity contribution in [1.82, 2.24) is 0 Å². The molecule has 0 amide bonds. The summed E-state index contributed by atoms with van der Waals surface area (Å²) in [5.74, 6) is 1.23. The van der Waals surface area contributed by atoms with Crippen LogP contribution < -0.4 is 14.6 Å². The Kier molecular flexibility index (Phi) is 3.32. The minimum atomic E-state index is -3.82. The second kappa shape index (κ2) is 5.25. The average Bonchev–Trinajstić information content (AvgIpc) is 3.20. The van der Waals surface area contributed by atoms with Crippen molar-refractivity contribution in [1.29, 1.82) is 0 Å². The Morgan fingerprint density at radius 2 is 1.83 bits per heavy atom. The molecule has 0 saturated heterocycles. The summed E-state index contributed by atoms with van der Waals surface area (Å²) in [7, 11) is -3.82. The summed E-state index contributed by atoms with van der Waals surface area (Å²) < 4.78 is 34.8. The van der Waals surface area contributed by atoms with Gasteiger partial charge in [0.15, 0.2) is 0 Å². The third-order valence-electron chi connectivity index (χ3n) is 4.07. The number of nitrogens with two attached hydrogens (primary N) is 1. The zero-order valence-corrected chi connectivity index (χ0v) is 13.3. The molecule has 0 bridgehead atoms. The van der Waals surface area contributed by atoms with E-state index in [4.69, 9.17) is 14.6 Å². The first-order chi connectivity index (χ1) is 11.0. The molecule has 1 saturated carbocycles. The third kappa shape index (κ3) is 2.92. The van der Waals surface area contributed by atoms with Gasteiger partial charge in [0.2, 0.25) is 10.0 Å². The van der Waals surface area contributed by atoms with E-state index in [9.17, 15) is 8.42 Å². The van der Waals surface area contributed by atoms with E-state index in [1.807, 2.05) is 30.3 Å². The second-order valence-electron chi connectivity index (χ2n) is 5.95. The molecule has 120 valence electrons. The Hall–Kier alpha value is -2.05. The first-order valence-corrected chi connectivity index (χ1v) is 9.15. The van der Waals surface area contributed by atoms with Crippen molar-refractivity contribution in [2.45, 2.75) is 30.3 Å². The van der Waals surface area contributed by atoms with Gasteiger partial charge in [0, 0.05) is 6.42 Å². The summed E-state index contributed by atoms with van der Waals surface area (Å²) in [6, 6.07) is 11.2. The Morgan fingerprint density at radius 3 is 2.48 bits per heavy atom. The predicted molar refractivity (Wildman–Crippen MR) is 86.1 cm³/mol. The molecule has 1 heterocycles. The van der Waals surface area contributed by atoms with Crippen LogP contribution in [0.25, 0.3) is 11.1 Å². The smallest absolute Gasteiger partial charge is 0.241 e. The minimum absolute atomic E-state index is 0.0563. The van der Waals surface area contributed by atoms with Crippen LogP contribution in [-0.4, -0.2) is 21.1 Å². The van der Waals surface area contributed by atoms with Crippen LogP contribution in [-0.2, 0) is 16.4 Å². The minimum Gasteiger partial charge on any atom is -0.492 e. The molecule has 0 spiro atoms. The van der Waals surface area contributed by atoms with E-state index >= 15 is 0 Å². The van der Waals surface area contributed by atoms with Gasteiger partial charge in [-0.25, -0.2) is 13.6 Å². The van der Waals surface area contributed by atoms with Crippen LogP contribution in [0, 0.1) is 0 Å². The summed E-state index contributed by atoms with van der Waals surface area (Å²) in [5.41, 5.74) is 2.62. The average molecular weight is 331 g/mol. The molecule has 0 unspecified atom stereocenters. The van der Waals surface area contributed by atoms with Crippen LogP contribution in [0.2, 0.25) is 0 Å². The molecule has 6 heteroatoms. The van der Waals surface area contributed by atoms with Crippen LogP contribution in [0.4, 0.5) is 0 Å². The van der Waals surface area contributed by atoms with Gasteiger partial charge >= 0.3 is 0 Å². The molecule has 1 aliphatic carbocycles. The monoisotopic (exact) mass is 331 g/mol. The third-order valence-corrected chi connectivity index (χ3v) is 4.99. The van der Waals surface area contributed by atoms with Crippen LogP contribution in [0.1, 0.15) is 18.4 Å². The molecule has 0 aromatic heterocycles. The van der Waals surface area contributed by atoms with E-state index in [-0.39, 0.29) is 4.90 Å². The van der Waals surface area contributed by atoms with Gasteiger partial charge in [-0.15, -0.1) is 0 Å². The molecule has 2 aromatic rings. The Morgan fingerprint density at radius 1 is 1.09 bits per heavy atom. The van der Waals surface area contributed by atoms with E-state index in [0.717, 1.165) is 35.3 Å². The zero-order chi connectivity index (χ0) is 16.0. The normalized spacial score (nSPS) is 16.7. The molecule has 23 heavy (non-hydrogen) atoms. The van der Waals surface area contributed by atoms with Crippen LogP contribution in [0.5, 0.6) is 11.5 Å². The number of hydrogen-bond acceptors (Lipinski definition) is 4. The largest absolute Gasteiger partial charge is 0.492 e. The van der Waals surface area contributed by atoms with Gasteiger partial charge in [0.25, 0.3) is 0 Å². The van der Waals surface area contributed by atoms with Gasteiger partial charge < -0.3 is 9.47 Å². The Bertz CT molecular complexity index is 855. The fraction of sp³-hybridized carbons (Fsp3) is 0.294. The number of primary sulfonamides is 1. The summed E-state index contributed by atoms with van der Waals surface area (Å²) in [4.78, 5) is 0.0563. The molecule has 2 N–H and O–H groups in total. The zero-order valence-electron chi connectivity index (χ0n) is 12.5. The molecular weight excluding hydrogens is 314 g/mol. The predicted octanol–water partition coefficient (Wildman–Crippen LogP) is 2.48. The highest BCUT2D eigenvalue weighted by Gasteiger charge is 2.25. The first kappa shape index (κ1) is 14.5. The van der Waals surface area contributed by atoms with Gasteiger partial charge in [-0.05, 0) is 53.8 Å². The van der Waals surface area contributed by atoms with Crippen molar-refractivity contribution in [2.75, 3.05) is 6.61 Å². The highest BCUT2D eigenvalue weighted by atomic mass is 32.2. The fourth-order valence-electron chi connectivity index (χ4n) is 2.75. The lowest BCUT2D eigenvalue weighted by Gasteiger charge is -2.11. The maximum absolute atomic E-state index is 11.8. The van der Waals surface area contributed by atoms with Crippen molar-refractivity contribution < 1.29 is 17.9 Å². The number of ether oxygens (including phenoxy) is 2. The van der Waals surface area contributed by atoms with Crippen LogP contribution in [0.15, 0.2) is 41.3 Å². The SMILES string of the molecule is NS(=O)(=O)c1cc(-c2ccc(OC3CC3)cc2)cc2c1OCC2. The maximum atomic E-state index is 11.8. The van der Waals surface area contributed by atoms with Crippen molar-refractivity contribution in [3.8, 4) is 22.6 Å². The van der Waals surface area contributed by atoms with E-state index in [2.05, 4.69) is 0 Å². The standard InChI is InChI=1S/C17H17NO4S/c18-23(19,20)16-10-13(9-12-7-8-21-17(12)16)11-1-3-14(4-2-11)22-15-5-6-15/h1-4,9-10,15H,5-8H2,(H2,18,19,20). The summed E-state index contributed by atoms with van der Waals surface area (Å²) in [5, 5.41) is 5.33. The van der Waals surface area contributed by atoms with E-state index < -0.39 is 10.0 Å². The highest BCUT2D eigenvalue weighted by Crippen LogP contribution is 2.37. The van der Waals surface area contributed by atoms with Crippen LogP contribution in [0.3, 0.4) is 0 Å². The fourth-order valence-corrected chi connectivity index (χ4v) is 3.49. The molecule has 2 aliphatic rings. The van der Waals surface area contributed by atoms with Crippen molar-refractivity contribution >= 4 is 10.0 Å². The summed E-state index contributed by atoms with van der Waals surface area (Å²) in [6.45, 7) is 0.482. The second-order valence-corrected chi connectivity index (χ2v) is 7.48. The van der Waals surface area contributed by atoms with Gasteiger partial charge in [-0.3, -0.25) is 0 Å². The van der Waals surface area contributed by atoms with Gasteiger partial charge in [0.1, 0.15) is 16.4 Å². The Balaban J connectivity index is 1.73. The van der Waals surface area contributed by atoms with Crippen molar-refractivity contribution in [3.05, 3.63) is 42.0 Å². The maximum Gasteiger partial charge on any atom is 0.241 e. The summed E-state index contributed by atoms with van der Waals surface area (Å²) in [6.07, 6.45) is 3.27. The van der Waals surface area contributed by atoms with Gasteiger partial charge in [0.05, 0.1) is 12.7 Å². The quantitative estimate of drug-likeness (QED) is 0.933. The van der Waals surface area contributed by atoms with Crippen molar-refractivity contribution in [3.63, 3.8) is 0 Å². The molecule has 0 atom stereocenters. The number of hydrogen-bond donors (Lipinski definition) is 1. The molecular formula is C17H17NO4S. The molecule has 4 rings (SSSR count). The molecule has 1 fully saturated rings. The number of benzene rings is 2. The van der Waals surface area contributed by atoms with E-state index in [1.54, 1.807) is 6.07 Å². The lowest BCUT2D eigenvalue weighted by atomic mass is 10.0.